The van der Waals surface area contributed by atoms with E-state index in [-0.39, 0.29) is 0 Å². The molecule has 3 aromatic rings. The first-order valence-corrected chi connectivity index (χ1v) is 15.3. The summed E-state index contributed by atoms with van der Waals surface area (Å²) in [7, 11) is -0.494. The standard InChI is InChI=1S/C22H25F3NSi2/c1-26-17-9-7-6-8-16(17)21-18(26)19(27(2)3)20(28(21,4)5)14-10-12-15(13-11-14)22(23,24)25/h6-13,19-20H,1-5H3/t19-,20+/m1/s1. The fourth-order valence-corrected chi connectivity index (χ4v) is 13.6. The van der Waals surface area contributed by atoms with Gasteiger partial charge in [0, 0.05) is 18.3 Å². The third-order valence-electron chi connectivity index (χ3n) is 6.42. The van der Waals surface area contributed by atoms with Crippen molar-refractivity contribution in [3.05, 3.63) is 65.4 Å². The summed E-state index contributed by atoms with van der Waals surface area (Å²) in [4.78, 5) is 0. The van der Waals surface area contributed by atoms with Crippen LogP contribution in [-0.4, -0.2) is 21.4 Å². The molecule has 2 aromatic carbocycles. The summed E-state index contributed by atoms with van der Waals surface area (Å²) in [5, 5.41) is 2.84. The van der Waals surface area contributed by atoms with Gasteiger partial charge in [0.15, 0.2) is 0 Å². The van der Waals surface area contributed by atoms with Crippen molar-refractivity contribution >= 4 is 33.0 Å². The summed E-state index contributed by atoms with van der Waals surface area (Å²) in [5.74, 6) is 0. The van der Waals surface area contributed by atoms with Gasteiger partial charge in [-0.3, -0.25) is 0 Å². The van der Waals surface area contributed by atoms with E-state index >= 15 is 0 Å². The van der Waals surface area contributed by atoms with Crippen molar-refractivity contribution in [1.82, 2.24) is 4.57 Å². The highest BCUT2D eigenvalue weighted by Crippen LogP contribution is 2.49. The van der Waals surface area contributed by atoms with Gasteiger partial charge in [-0.05, 0) is 45.4 Å². The van der Waals surface area contributed by atoms with Crippen molar-refractivity contribution in [2.24, 2.45) is 7.05 Å². The molecular formula is C22H25F3NSi2. The Morgan fingerprint density at radius 1 is 0.964 bits per heavy atom. The molecule has 1 aliphatic heterocycles. The molecule has 2 heterocycles. The van der Waals surface area contributed by atoms with E-state index in [9.17, 15) is 13.2 Å². The van der Waals surface area contributed by atoms with Crippen molar-refractivity contribution in [1.29, 1.82) is 0 Å². The predicted octanol–water partition coefficient (Wildman–Crippen LogP) is 5.83. The number of rotatable bonds is 2. The molecule has 0 saturated heterocycles. The minimum atomic E-state index is -4.29. The Bertz CT molecular complexity index is 1030. The Morgan fingerprint density at radius 2 is 1.57 bits per heavy atom. The number of aryl methyl sites for hydroxylation is 1. The van der Waals surface area contributed by atoms with E-state index in [0.717, 1.165) is 5.56 Å². The van der Waals surface area contributed by atoms with Gasteiger partial charge in [-0.1, -0.05) is 56.5 Å². The summed E-state index contributed by atoms with van der Waals surface area (Å²) < 4.78 is 41.5. The zero-order valence-corrected chi connectivity index (χ0v) is 18.9. The van der Waals surface area contributed by atoms with E-state index in [0.29, 0.717) is 11.1 Å². The SMILES string of the molecule is Cn1c2c(c3ccccc31)[Si](C)(C)[C@@H](c1ccc(C(F)(F)F)cc1)[C@@H]2[Si](C)C. The number of aromatic nitrogens is 1. The number of alkyl halides is 3. The molecule has 0 fully saturated rings. The third-order valence-corrected chi connectivity index (χ3v) is 12.6. The molecule has 1 radical (unpaired) electrons. The van der Waals surface area contributed by atoms with E-state index in [1.54, 1.807) is 12.1 Å². The Labute approximate surface area is 166 Å². The van der Waals surface area contributed by atoms with Crippen LogP contribution in [0.2, 0.25) is 26.2 Å². The zero-order valence-electron chi connectivity index (χ0n) is 16.9. The molecule has 28 heavy (non-hydrogen) atoms. The van der Waals surface area contributed by atoms with E-state index in [4.69, 9.17) is 0 Å². The van der Waals surface area contributed by atoms with Crippen LogP contribution >= 0.6 is 0 Å². The van der Waals surface area contributed by atoms with Gasteiger partial charge in [-0.25, -0.2) is 0 Å². The quantitative estimate of drug-likeness (QED) is 0.464. The fraction of sp³-hybridized carbons (Fsp3) is 0.364. The summed E-state index contributed by atoms with van der Waals surface area (Å²) in [6, 6.07) is 14.6. The Balaban J connectivity index is 1.92. The fourth-order valence-electron chi connectivity index (χ4n) is 5.28. The van der Waals surface area contributed by atoms with Crippen LogP contribution in [0.1, 0.15) is 27.9 Å². The Morgan fingerprint density at radius 3 is 2.14 bits per heavy atom. The van der Waals surface area contributed by atoms with Gasteiger partial charge in [-0.2, -0.15) is 13.2 Å². The number of hydrogen-bond donors (Lipinski definition) is 0. The molecule has 147 valence electrons. The molecular weight excluding hydrogens is 391 g/mol. The lowest BCUT2D eigenvalue weighted by Gasteiger charge is -2.33. The van der Waals surface area contributed by atoms with Gasteiger partial charge in [0.1, 0.15) is 0 Å². The molecule has 1 aromatic heterocycles. The first kappa shape index (κ1) is 19.5. The molecule has 0 bridgehead atoms. The topological polar surface area (TPSA) is 4.93 Å². The number of para-hydroxylation sites is 1. The summed E-state index contributed by atoms with van der Waals surface area (Å²) in [6.45, 7) is 9.46. The number of halogens is 3. The first-order valence-electron chi connectivity index (χ1n) is 9.60. The molecule has 1 nitrogen and oxygen atoms in total. The second-order valence-electron chi connectivity index (χ2n) is 8.71. The van der Waals surface area contributed by atoms with E-state index in [1.807, 2.05) is 0 Å². The smallest absolute Gasteiger partial charge is 0.348 e. The lowest BCUT2D eigenvalue weighted by atomic mass is 10.0. The highest BCUT2D eigenvalue weighted by molar-refractivity contribution is 6.95. The molecule has 1 aliphatic rings. The first-order chi connectivity index (χ1) is 13.0. The second kappa shape index (κ2) is 6.35. The molecule has 0 saturated carbocycles. The summed E-state index contributed by atoms with van der Waals surface area (Å²) >= 11 is 0. The van der Waals surface area contributed by atoms with E-state index < -0.39 is 28.6 Å². The highest BCUT2D eigenvalue weighted by atomic mass is 28.3. The molecule has 6 heteroatoms. The van der Waals surface area contributed by atoms with Crippen LogP contribution < -0.4 is 5.19 Å². The average molecular weight is 417 g/mol. The predicted molar refractivity (Wildman–Crippen MR) is 114 cm³/mol. The third kappa shape index (κ3) is 2.72. The van der Waals surface area contributed by atoms with Crippen LogP contribution in [0.25, 0.3) is 10.9 Å². The average Bonchev–Trinajstić information content (AvgIpc) is 3.05. The Kier molecular flexibility index (Phi) is 4.43. The minimum Gasteiger partial charge on any atom is -0.348 e. The molecule has 0 amide bonds. The minimum absolute atomic E-state index is 0.319. The molecule has 0 unspecified atom stereocenters. The van der Waals surface area contributed by atoms with Gasteiger partial charge in [0.25, 0.3) is 0 Å². The number of fused-ring (bicyclic) bond motifs is 3. The molecule has 0 aliphatic carbocycles. The van der Waals surface area contributed by atoms with Crippen LogP contribution in [0.15, 0.2) is 48.5 Å². The van der Waals surface area contributed by atoms with Gasteiger partial charge in [-0.15, -0.1) is 0 Å². The van der Waals surface area contributed by atoms with Gasteiger partial charge in [0.2, 0.25) is 0 Å². The zero-order chi connectivity index (χ0) is 20.4. The van der Waals surface area contributed by atoms with Crippen LogP contribution in [0.5, 0.6) is 0 Å². The lowest BCUT2D eigenvalue weighted by Crippen LogP contribution is -2.44. The summed E-state index contributed by atoms with van der Waals surface area (Å²) in [6.07, 6.45) is -4.29. The maximum atomic E-state index is 13.1. The van der Waals surface area contributed by atoms with Crippen LogP contribution in [0.3, 0.4) is 0 Å². The van der Waals surface area contributed by atoms with Crippen molar-refractivity contribution in [2.45, 2.75) is 43.4 Å². The largest absolute Gasteiger partial charge is 0.416 e. The molecule has 0 N–H and O–H groups in total. The van der Waals surface area contributed by atoms with Crippen molar-refractivity contribution in [2.75, 3.05) is 0 Å². The van der Waals surface area contributed by atoms with Crippen LogP contribution in [-0.2, 0) is 13.2 Å². The molecule has 2 atom stereocenters. The van der Waals surface area contributed by atoms with Crippen LogP contribution in [0.4, 0.5) is 13.2 Å². The van der Waals surface area contributed by atoms with E-state index in [1.165, 1.54) is 33.9 Å². The maximum absolute atomic E-state index is 13.1. The van der Waals surface area contributed by atoms with Crippen molar-refractivity contribution in [3.63, 3.8) is 0 Å². The molecule has 4 rings (SSSR count). The van der Waals surface area contributed by atoms with Gasteiger partial charge >= 0.3 is 6.18 Å². The highest BCUT2D eigenvalue weighted by Gasteiger charge is 2.52. The van der Waals surface area contributed by atoms with Gasteiger partial charge in [0.05, 0.1) is 22.4 Å². The monoisotopic (exact) mass is 416 g/mol. The second-order valence-corrected chi connectivity index (χ2v) is 16.1. The lowest BCUT2D eigenvalue weighted by molar-refractivity contribution is -0.137. The maximum Gasteiger partial charge on any atom is 0.416 e. The van der Waals surface area contributed by atoms with Crippen molar-refractivity contribution < 1.29 is 13.2 Å². The Hall–Kier alpha value is -1.80. The number of benzene rings is 2. The van der Waals surface area contributed by atoms with E-state index in [2.05, 4.69) is 62.1 Å². The summed E-state index contributed by atoms with van der Waals surface area (Å²) in [5.41, 5.74) is 3.94. The molecule has 0 spiro atoms. The normalized spacial score (nSPS) is 21.5. The van der Waals surface area contributed by atoms with Gasteiger partial charge < -0.3 is 4.57 Å². The number of nitrogens with zero attached hydrogens (tertiary/aromatic N) is 1. The number of hydrogen-bond acceptors (Lipinski definition) is 0. The van der Waals surface area contributed by atoms with Crippen LogP contribution in [0, 0.1) is 0 Å². The van der Waals surface area contributed by atoms with Crippen molar-refractivity contribution in [3.8, 4) is 0 Å².